The van der Waals surface area contributed by atoms with Crippen molar-refractivity contribution in [3.8, 4) is 0 Å². The van der Waals surface area contributed by atoms with Crippen molar-refractivity contribution in [1.29, 1.82) is 0 Å². The molecule has 1 fully saturated rings. The second-order valence-corrected chi connectivity index (χ2v) is 6.68. The Labute approximate surface area is 145 Å². The van der Waals surface area contributed by atoms with Gasteiger partial charge in [-0.2, -0.15) is 0 Å². The van der Waals surface area contributed by atoms with E-state index < -0.39 is 0 Å². The molecular formula is C18H21N5O2. The molecule has 0 radical (unpaired) electrons. The highest BCUT2D eigenvalue weighted by Crippen LogP contribution is 2.35. The maximum absolute atomic E-state index is 12.2. The van der Waals surface area contributed by atoms with Gasteiger partial charge < -0.3 is 15.2 Å². The number of rotatable bonds is 6. The van der Waals surface area contributed by atoms with Crippen LogP contribution in [0.3, 0.4) is 0 Å². The number of aryl methyl sites for hydroxylation is 2. The molecule has 2 N–H and O–H groups in total. The highest BCUT2D eigenvalue weighted by Gasteiger charge is 2.26. The quantitative estimate of drug-likeness (QED) is 0.826. The fourth-order valence-electron chi connectivity index (χ4n) is 3.27. The number of hydrogen-bond acceptors (Lipinski definition) is 4. The summed E-state index contributed by atoms with van der Waals surface area (Å²) >= 11 is 0. The van der Waals surface area contributed by atoms with E-state index in [1.807, 2.05) is 22.8 Å². The van der Waals surface area contributed by atoms with Gasteiger partial charge in [0.05, 0.1) is 13.1 Å². The Morgan fingerprint density at radius 1 is 1.16 bits per heavy atom. The number of fused-ring (bicyclic) bond motifs is 1. The minimum atomic E-state index is -0.236. The van der Waals surface area contributed by atoms with Crippen LogP contribution >= 0.6 is 0 Å². The van der Waals surface area contributed by atoms with Crippen molar-refractivity contribution in [2.24, 2.45) is 0 Å². The highest BCUT2D eigenvalue weighted by molar-refractivity contribution is 5.96. The lowest BCUT2D eigenvalue weighted by atomic mass is 10.1. The summed E-state index contributed by atoms with van der Waals surface area (Å²) in [4.78, 5) is 24.2. The second kappa shape index (κ2) is 6.66. The number of aromatic nitrogens is 3. The molecule has 1 aromatic heterocycles. The fourth-order valence-corrected chi connectivity index (χ4v) is 3.27. The molecule has 1 aromatic carbocycles. The molecular weight excluding hydrogens is 318 g/mol. The fraction of sp³-hybridized carbons (Fsp3) is 0.444. The summed E-state index contributed by atoms with van der Waals surface area (Å²) < 4.78 is 2.00. The van der Waals surface area contributed by atoms with E-state index >= 15 is 0 Å². The van der Waals surface area contributed by atoms with Crippen molar-refractivity contribution in [3.63, 3.8) is 0 Å². The number of amides is 2. The Balaban J connectivity index is 1.27. The molecule has 7 heteroatoms. The largest absolute Gasteiger partial charge is 0.347 e. The van der Waals surface area contributed by atoms with Crippen molar-refractivity contribution >= 4 is 11.8 Å². The summed E-state index contributed by atoms with van der Waals surface area (Å²) in [6.45, 7) is 0.275. The summed E-state index contributed by atoms with van der Waals surface area (Å²) in [5, 5.41) is 13.4. The minimum Gasteiger partial charge on any atom is -0.347 e. The zero-order chi connectivity index (χ0) is 17.2. The molecule has 7 nitrogen and oxygen atoms in total. The van der Waals surface area contributed by atoms with Gasteiger partial charge in [-0.25, -0.2) is 0 Å². The van der Waals surface area contributed by atoms with Gasteiger partial charge in [0.1, 0.15) is 6.33 Å². The van der Waals surface area contributed by atoms with Gasteiger partial charge in [0, 0.05) is 11.6 Å². The molecule has 0 aliphatic heterocycles. The first-order valence-corrected chi connectivity index (χ1v) is 8.76. The molecule has 25 heavy (non-hydrogen) atoms. The second-order valence-electron chi connectivity index (χ2n) is 6.68. The first-order valence-electron chi connectivity index (χ1n) is 8.76. The maximum Gasteiger partial charge on any atom is 0.251 e. The van der Waals surface area contributed by atoms with Crippen LogP contribution in [0, 0.1) is 0 Å². The maximum atomic E-state index is 12.2. The van der Waals surface area contributed by atoms with Gasteiger partial charge in [0.2, 0.25) is 5.91 Å². The van der Waals surface area contributed by atoms with Gasteiger partial charge in [0.25, 0.3) is 5.91 Å². The molecule has 1 saturated carbocycles. The van der Waals surface area contributed by atoms with Crippen LogP contribution in [0.5, 0.6) is 0 Å². The molecule has 0 unspecified atom stereocenters. The summed E-state index contributed by atoms with van der Waals surface area (Å²) in [6.07, 6.45) is 7.23. The molecule has 0 spiro atoms. The molecule has 2 aliphatic rings. The predicted octanol–water partition coefficient (Wildman–Crippen LogP) is 1.15. The Hall–Kier alpha value is -2.70. The number of hydrogen-bond donors (Lipinski definition) is 2. The van der Waals surface area contributed by atoms with Gasteiger partial charge >= 0.3 is 0 Å². The van der Waals surface area contributed by atoms with Crippen LogP contribution in [-0.2, 0) is 24.2 Å². The number of carbonyl (C=O) groups is 2. The molecule has 1 heterocycles. The van der Waals surface area contributed by atoms with E-state index in [0.29, 0.717) is 18.2 Å². The van der Waals surface area contributed by atoms with Gasteiger partial charge in [-0.1, -0.05) is 6.07 Å². The molecule has 2 aromatic rings. The average molecular weight is 339 g/mol. The van der Waals surface area contributed by atoms with Crippen LogP contribution in [0.1, 0.15) is 52.6 Å². The Bertz CT molecular complexity index is 810. The van der Waals surface area contributed by atoms with Gasteiger partial charge in [-0.05, 0) is 55.4 Å². The summed E-state index contributed by atoms with van der Waals surface area (Å²) in [5.74, 6) is 0.298. The van der Waals surface area contributed by atoms with Crippen LogP contribution in [0.4, 0.5) is 0 Å². The van der Waals surface area contributed by atoms with Crippen molar-refractivity contribution in [3.05, 3.63) is 47.0 Å². The third-order valence-corrected chi connectivity index (χ3v) is 4.80. The first kappa shape index (κ1) is 15.8. The van der Waals surface area contributed by atoms with Gasteiger partial charge in [-0.15, -0.1) is 10.2 Å². The highest BCUT2D eigenvalue weighted by atomic mass is 16.2. The van der Waals surface area contributed by atoms with Crippen molar-refractivity contribution < 1.29 is 9.59 Å². The standard InChI is InChI=1S/C18H21N5O2/c24-17(19-9-16-22-21-11-23(16)15-6-7-15)10-20-18(25)14-5-4-12-2-1-3-13(12)8-14/h4-5,8,11,15H,1-3,6-7,9-10H2,(H,19,24)(H,20,25). The van der Waals surface area contributed by atoms with E-state index in [2.05, 4.69) is 20.8 Å². The number of benzene rings is 1. The van der Waals surface area contributed by atoms with E-state index in [1.54, 1.807) is 6.33 Å². The Morgan fingerprint density at radius 3 is 2.84 bits per heavy atom. The van der Waals surface area contributed by atoms with E-state index in [-0.39, 0.29) is 18.4 Å². The molecule has 130 valence electrons. The number of carbonyl (C=O) groups excluding carboxylic acids is 2. The third-order valence-electron chi connectivity index (χ3n) is 4.80. The molecule has 4 rings (SSSR count). The smallest absolute Gasteiger partial charge is 0.251 e. The molecule has 2 aliphatic carbocycles. The third kappa shape index (κ3) is 3.55. The number of nitrogens with one attached hydrogen (secondary N) is 2. The molecule has 2 amide bonds. The summed E-state index contributed by atoms with van der Waals surface area (Å²) in [7, 11) is 0. The summed E-state index contributed by atoms with van der Waals surface area (Å²) in [5.41, 5.74) is 3.19. The number of nitrogens with zero attached hydrogens (tertiary/aromatic N) is 3. The topological polar surface area (TPSA) is 88.9 Å². The SMILES string of the molecule is O=C(CNC(=O)c1ccc2c(c1)CCC2)NCc1nncn1C1CC1. The van der Waals surface area contributed by atoms with Crippen molar-refractivity contribution in [1.82, 2.24) is 25.4 Å². The van der Waals surface area contributed by atoms with Crippen LogP contribution < -0.4 is 10.6 Å². The lowest BCUT2D eigenvalue weighted by Crippen LogP contribution is -2.37. The molecule has 0 bridgehead atoms. The van der Waals surface area contributed by atoms with Gasteiger partial charge in [-0.3, -0.25) is 9.59 Å². The monoisotopic (exact) mass is 339 g/mol. The summed E-state index contributed by atoms with van der Waals surface area (Å²) in [6, 6.07) is 6.26. The van der Waals surface area contributed by atoms with Crippen molar-refractivity contribution in [2.75, 3.05) is 6.54 Å². The van der Waals surface area contributed by atoms with E-state index in [0.717, 1.165) is 37.9 Å². The average Bonchev–Trinajstić information content (AvgIpc) is 3.18. The normalized spacial score (nSPS) is 15.7. The van der Waals surface area contributed by atoms with Crippen LogP contribution in [0.2, 0.25) is 0 Å². The first-order chi connectivity index (χ1) is 12.2. The van der Waals surface area contributed by atoms with E-state index in [4.69, 9.17) is 0 Å². The van der Waals surface area contributed by atoms with Crippen molar-refractivity contribution in [2.45, 2.75) is 44.7 Å². The molecule has 0 saturated heterocycles. The Kier molecular flexibility index (Phi) is 4.21. The minimum absolute atomic E-state index is 0.0481. The van der Waals surface area contributed by atoms with Crippen LogP contribution in [-0.4, -0.2) is 33.1 Å². The lowest BCUT2D eigenvalue weighted by molar-refractivity contribution is -0.120. The van der Waals surface area contributed by atoms with Crippen LogP contribution in [0.15, 0.2) is 24.5 Å². The van der Waals surface area contributed by atoms with Crippen LogP contribution in [0.25, 0.3) is 0 Å². The molecule has 0 atom stereocenters. The Morgan fingerprint density at radius 2 is 2.00 bits per heavy atom. The zero-order valence-electron chi connectivity index (χ0n) is 14.0. The van der Waals surface area contributed by atoms with E-state index in [9.17, 15) is 9.59 Å². The predicted molar refractivity (Wildman–Crippen MR) is 90.9 cm³/mol. The zero-order valence-corrected chi connectivity index (χ0v) is 14.0. The lowest BCUT2D eigenvalue weighted by Gasteiger charge is -2.09. The van der Waals surface area contributed by atoms with E-state index in [1.165, 1.54) is 11.1 Å². The van der Waals surface area contributed by atoms with Gasteiger partial charge in [0.15, 0.2) is 5.82 Å².